The lowest BCUT2D eigenvalue weighted by molar-refractivity contribution is -0.142. The second kappa shape index (κ2) is 8.86. The van der Waals surface area contributed by atoms with Gasteiger partial charge in [-0.2, -0.15) is 0 Å². The molecule has 3 atom stereocenters. The van der Waals surface area contributed by atoms with E-state index in [9.17, 15) is 14.3 Å². The van der Waals surface area contributed by atoms with E-state index in [2.05, 4.69) is 0 Å². The summed E-state index contributed by atoms with van der Waals surface area (Å²) in [6, 6.07) is 15.9. The minimum Gasteiger partial charge on any atom is -0.486 e. The van der Waals surface area contributed by atoms with E-state index in [1.165, 1.54) is 6.07 Å². The normalized spacial score (nSPS) is 18.9. The number of carboxylic acid groups (broad SMARTS) is 1. The molecule has 0 aliphatic heterocycles. The Hall–Kier alpha value is -3.21. The Morgan fingerprint density at radius 1 is 1.03 bits per heavy atom. The molecule has 0 heterocycles. The average Bonchev–Trinajstić information content (AvgIpc) is 3.56. The molecule has 0 saturated heterocycles. The Morgan fingerprint density at radius 2 is 1.82 bits per heavy atom. The number of rotatable bonds is 7. The predicted molar refractivity (Wildman–Crippen MR) is 127 cm³/mol. The number of fused-ring (bicyclic) bond motifs is 1. The van der Waals surface area contributed by atoms with Crippen molar-refractivity contribution in [1.82, 2.24) is 0 Å². The van der Waals surface area contributed by atoms with Gasteiger partial charge in [0, 0.05) is 11.1 Å². The minimum atomic E-state index is -0.788. The molecule has 2 aliphatic rings. The van der Waals surface area contributed by atoms with Gasteiger partial charge < -0.3 is 9.84 Å². The Morgan fingerprint density at radius 3 is 2.56 bits per heavy atom. The van der Waals surface area contributed by atoms with Gasteiger partial charge in [0.25, 0.3) is 0 Å². The van der Waals surface area contributed by atoms with Gasteiger partial charge in [-0.05, 0) is 85.4 Å². The Labute approximate surface area is 198 Å². The fourth-order valence-electron chi connectivity index (χ4n) is 5.34. The quantitative estimate of drug-likeness (QED) is 0.403. The van der Waals surface area contributed by atoms with E-state index in [0.717, 1.165) is 29.5 Å². The first-order valence-corrected chi connectivity index (χ1v) is 11.9. The first kappa shape index (κ1) is 22.6. The van der Waals surface area contributed by atoms with Gasteiger partial charge in [0.1, 0.15) is 23.5 Å². The van der Waals surface area contributed by atoms with Crippen LogP contribution in [0.25, 0.3) is 11.1 Å². The molecule has 34 heavy (non-hydrogen) atoms. The molecule has 0 spiro atoms. The second-order valence-corrected chi connectivity index (χ2v) is 9.69. The molecule has 1 saturated carbocycles. The summed E-state index contributed by atoms with van der Waals surface area (Å²) in [7, 11) is 0. The zero-order valence-corrected chi connectivity index (χ0v) is 19.4. The van der Waals surface area contributed by atoms with E-state index in [4.69, 9.17) is 4.74 Å². The van der Waals surface area contributed by atoms with Crippen LogP contribution in [-0.2, 0) is 11.2 Å². The van der Waals surface area contributed by atoms with Gasteiger partial charge in [-0.1, -0.05) is 42.8 Å². The van der Waals surface area contributed by atoms with Crippen LogP contribution in [0.5, 0.6) is 5.75 Å². The standard InChI is InChI=1S/C29H28F2O3/c1-16-6-12-25(30)24(14-16)23-10-9-21-22(28(23)31)11-13-26(21)34-20-5-3-4-19(15-20)27(18-7-8-18)17(2)29(32)33/h3-6,9-10,12,14-15,17-18,26-27H,7-8,11,13H2,1-2H3,(H,32,33)/t17-,26+,27-/m0/s1. The molecule has 0 radical (unpaired) electrons. The number of carbonyl (C=O) groups is 1. The highest BCUT2D eigenvalue weighted by Gasteiger charge is 2.39. The average molecular weight is 463 g/mol. The summed E-state index contributed by atoms with van der Waals surface area (Å²) in [5, 5.41) is 9.57. The summed E-state index contributed by atoms with van der Waals surface area (Å²) in [5.74, 6) is -1.07. The van der Waals surface area contributed by atoms with Crippen LogP contribution in [0.1, 0.15) is 60.5 Å². The van der Waals surface area contributed by atoms with E-state index in [1.807, 2.05) is 37.3 Å². The number of carboxylic acids is 1. The molecule has 3 aromatic rings. The first-order chi connectivity index (χ1) is 16.3. The second-order valence-electron chi connectivity index (χ2n) is 9.69. The third-order valence-corrected chi connectivity index (χ3v) is 7.27. The SMILES string of the molecule is Cc1ccc(F)c(-c2ccc3c(c2F)CC[C@H]3Oc2cccc([C@H](C3CC3)[C@H](C)C(=O)O)c2)c1. The van der Waals surface area contributed by atoms with Crippen molar-refractivity contribution < 1.29 is 23.4 Å². The molecule has 0 unspecified atom stereocenters. The molecule has 0 amide bonds. The van der Waals surface area contributed by atoms with Crippen LogP contribution in [-0.4, -0.2) is 11.1 Å². The highest BCUT2D eigenvalue weighted by Crippen LogP contribution is 2.47. The molecule has 3 aromatic carbocycles. The van der Waals surface area contributed by atoms with E-state index in [1.54, 1.807) is 25.1 Å². The Bertz CT molecular complexity index is 1250. The number of ether oxygens (including phenoxy) is 1. The minimum absolute atomic E-state index is 0.0406. The van der Waals surface area contributed by atoms with Crippen molar-refractivity contribution in [3.63, 3.8) is 0 Å². The fraction of sp³-hybridized carbons (Fsp3) is 0.345. The number of benzene rings is 3. The van der Waals surface area contributed by atoms with Crippen molar-refractivity contribution in [2.45, 2.75) is 51.6 Å². The van der Waals surface area contributed by atoms with Crippen molar-refractivity contribution in [1.29, 1.82) is 0 Å². The smallest absolute Gasteiger partial charge is 0.306 e. The number of hydrogen-bond donors (Lipinski definition) is 1. The molecule has 5 heteroatoms. The molecule has 5 rings (SSSR count). The van der Waals surface area contributed by atoms with Crippen LogP contribution in [0.2, 0.25) is 0 Å². The van der Waals surface area contributed by atoms with Crippen molar-refractivity contribution in [3.8, 4) is 16.9 Å². The highest BCUT2D eigenvalue weighted by molar-refractivity contribution is 5.71. The molecule has 1 N–H and O–H groups in total. The third-order valence-electron chi connectivity index (χ3n) is 7.27. The summed E-state index contributed by atoms with van der Waals surface area (Å²) in [5.41, 5.74) is 3.77. The summed E-state index contributed by atoms with van der Waals surface area (Å²) in [6.07, 6.45) is 2.95. The lowest BCUT2D eigenvalue weighted by Crippen LogP contribution is -2.20. The van der Waals surface area contributed by atoms with Gasteiger partial charge in [-0.3, -0.25) is 4.79 Å². The molecular formula is C29H28F2O3. The van der Waals surface area contributed by atoms with Gasteiger partial charge in [-0.15, -0.1) is 0 Å². The van der Waals surface area contributed by atoms with E-state index in [-0.39, 0.29) is 29.0 Å². The van der Waals surface area contributed by atoms with E-state index < -0.39 is 17.7 Å². The van der Waals surface area contributed by atoms with Crippen LogP contribution < -0.4 is 4.74 Å². The van der Waals surface area contributed by atoms with Crippen LogP contribution in [0, 0.1) is 30.4 Å². The molecule has 0 aromatic heterocycles. The lowest BCUT2D eigenvalue weighted by atomic mass is 9.83. The van der Waals surface area contributed by atoms with Crippen molar-refractivity contribution >= 4 is 5.97 Å². The summed E-state index contributed by atoms with van der Waals surface area (Å²) >= 11 is 0. The lowest BCUT2D eigenvalue weighted by Gasteiger charge is -2.22. The van der Waals surface area contributed by atoms with Gasteiger partial charge in [0.2, 0.25) is 0 Å². The maximum Gasteiger partial charge on any atom is 0.306 e. The predicted octanol–water partition coefficient (Wildman–Crippen LogP) is 7.22. The molecular weight excluding hydrogens is 434 g/mol. The number of halogens is 2. The number of aliphatic carboxylic acids is 1. The fourth-order valence-corrected chi connectivity index (χ4v) is 5.34. The topological polar surface area (TPSA) is 46.5 Å². The maximum absolute atomic E-state index is 15.4. The largest absolute Gasteiger partial charge is 0.486 e. The summed E-state index contributed by atoms with van der Waals surface area (Å²) in [4.78, 5) is 11.7. The summed E-state index contributed by atoms with van der Waals surface area (Å²) in [6.45, 7) is 3.63. The maximum atomic E-state index is 15.4. The highest BCUT2D eigenvalue weighted by atomic mass is 19.1. The molecule has 0 bridgehead atoms. The Kier molecular flexibility index (Phi) is 5.88. The Balaban J connectivity index is 1.41. The monoisotopic (exact) mass is 462 g/mol. The third kappa shape index (κ3) is 4.20. The van der Waals surface area contributed by atoms with Gasteiger partial charge in [0.15, 0.2) is 0 Å². The summed E-state index contributed by atoms with van der Waals surface area (Å²) < 4.78 is 36.1. The van der Waals surface area contributed by atoms with Crippen LogP contribution >= 0.6 is 0 Å². The van der Waals surface area contributed by atoms with Crippen LogP contribution in [0.3, 0.4) is 0 Å². The number of hydrogen-bond acceptors (Lipinski definition) is 2. The molecule has 176 valence electrons. The van der Waals surface area contributed by atoms with E-state index in [0.29, 0.717) is 30.1 Å². The zero-order valence-electron chi connectivity index (χ0n) is 19.4. The molecule has 1 fully saturated rings. The molecule has 2 aliphatic carbocycles. The van der Waals surface area contributed by atoms with Gasteiger partial charge in [0.05, 0.1) is 5.92 Å². The van der Waals surface area contributed by atoms with E-state index >= 15 is 4.39 Å². The van der Waals surface area contributed by atoms with Crippen molar-refractivity contribution in [2.24, 2.45) is 11.8 Å². The van der Waals surface area contributed by atoms with Gasteiger partial charge in [-0.25, -0.2) is 8.78 Å². The van der Waals surface area contributed by atoms with Crippen molar-refractivity contribution in [3.05, 3.63) is 88.5 Å². The van der Waals surface area contributed by atoms with Crippen LogP contribution in [0.15, 0.2) is 54.6 Å². The van der Waals surface area contributed by atoms with Gasteiger partial charge >= 0.3 is 5.97 Å². The van der Waals surface area contributed by atoms with Crippen LogP contribution in [0.4, 0.5) is 8.78 Å². The first-order valence-electron chi connectivity index (χ1n) is 11.9. The molecule has 3 nitrogen and oxygen atoms in total. The van der Waals surface area contributed by atoms with Crippen molar-refractivity contribution in [2.75, 3.05) is 0 Å². The number of aryl methyl sites for hydroxylation is 1. The zero-order chi connectivity index (χ0) is 24.0.